The molecule has 0 saturated carbocycles. The summed E-state index contributed by atoms with van der Waals surface area (Å²) >= 11 is 3.35. The molecule has 5 nitrogen and oxygen atoms in total. The fourth-order valence-corrected chi connectivity index (χ4v) is 1.38. The third-order valence-corrected chi connectivity index (χ3v) is 2.14. The first kappa shape index (κ1) is 11.0. The SMILES string of the molecule is O=C(O)c1cc(NS(=O)O)ccc1Cl. The van der Waals surface area contributed by atoms with Crippen molar-refractivity contribution in [1.29, 1.82) is 0 Å². The van der Waals surface area contributed by atoms with Gasteiger partial charge in [0.25, 0.3) is 11.3 Å². The molecule has 1 unspecified atom stereocenters. The fraction of sp³-hybridized carbons (Fsp3) is 0. The Morgan fingerprint density at radius 2 is 2.14 bits per heavy atom. The molecule has 0 radical (unpaired) electrons. The zero-order chi connectivity index (χ0) is 10.7. The highest BCUT2D eigenvalue weighted by Gasteiger charge is 2.09. The summed E-state index contributed by atoms with van der Waals surface area (Å²) in [5.74, 6) is -1.19. The molecule has 1 atom stereocenters. The molecule has 0 aliphatic heterocycles. The summed E-state index contributed by atoms with van der Waals surface area (Å²) in [6, 6.07) is 3.92. The van der Waals surface area contributed by atoms with E-state index in [1.807, 2.05) is 0 Å². The van der Waals surface area contributed by atoms with Crippen molar-refractivity contribution in [3.05, 3.63) is 28.8 Å². The summed E-state index contributed by atoms with van der Waals surface area (Å²) in [4.78, 5) is 10.6. The maximum absolute atomic E-state index is 10.6. The van der Waals surface area contributed by atoms with Crippen molar-refractivity contribution in [1.82, 2.24) is 0 Å². The minimum atomic E-state index is -2.23. The van der Waals surface area contributed by atoms with Crippen LogP contribution in [0.1, 0.15) is 10.4 Å². The second-order valence-corrected chi connectivity index (χ2v) is 3.46. The Morgan fingerprint density at radius 1 is 1.50 bits per heavy atom. The molecule has 0 bridgehead atoms. The molecule has 0 amide bonds. The van der Waals surface area contributed by atoms with E-state index in [0.717, 1.165) is 0 Å². The van der Waals surface area contributed by atoms with E-state index in [1.54, 1.807) is 0 Å². The van der Waals surface area contributed by atoms with Crippen LogP contribution < -0.4 is 4.72 Å². The van der Waals surface area contributed by atoms with Gasteiger partial charge in [-0.2, -0.15) is 0 Å². The summed E-state index contributed by atoms with van der Waals surface area (Å²) < 4.78 is 21.0. The first-order chi connectivity index (χ1) is 6.50. The summed E-state index contributed by atoms with van der Waals surface area (Å²) in [6.07, 6.45) is 0. The van der Waals surface area contributed by atoms with Crippen molar-refractivity contribution >= 4 is 34.5 Å². The average Bonchev–Trinajstić information content (AvgIpc) is 2.07. The Kier molecular flexibility index (Phi) is 3.45. The molecular formula is C7H6ClNO4S. The molecule has 0 aromatic heterocycles. The molecule has 7 heteroatoms. The predicted molar refractivity (Wildman–Crippen MR) is 52.8 cm³/mol. The van der Waals surface area contributed by atoms with Gasteiger partial charge in [0.2, 0.25) is 0 Å². The second-order valence-electron chi connectivity index (χ2n) is 2.35. The maximum atomic E-state index is 10.6. The van der Waals surface area contributed by atoms with Crippen LogP contribution in [0.5, 0.6) is 0 Å². The highest BCUT2D eigenvalue weighted by atomic mass is 35.5. The second kappa shape index (κ2) is 4.41. The lowest BCUT2D eigenvalue weighted by molar-refractivity contribution is 0.0697. The van der Waals surface area contributed by atoms with E-state index in [2.05, 4.69) is 4.72 Å². The van der Waals surface area contributed by atoms with E-state index in [-0.39, 0.29) is 16.3 Å². The third kappa shape index (κ3) is 2.69. The van der Waals surface area contributed by atoms with Crippen molar-refractivity contribution in [3.8, 4) is 0 Å². The van der Waals surface area contributed by atoms with Gasteiger partial charge in [-0.25, -0.2) is 9.00 Å². The summed E-state index contributed by atoms with van der Waals surface area (Å²) in [7, 11) is 0. The monoisotopic (exact) mass is 235 g/mol. The molecule has 0 aliphatic rings. The highest BCUT2D eigenvalue weighted by Crippen LogP contribution is 2.20. The molecular weight excluding hydrogens is 230 g/mol. The predicted octanol–water partition coefficient (Wildman–Crippen LogP) is 1.59. The topological polar surface area (TPSA) is 86.6 Å². The first-order valence-corrected chi connectivity index (χ1v) is 4.89. The van der Waals surface area contributed by atoms with Crippen LogP contribution in [0.3, 0.4) is 0 Å². The van der Waals surface area contributed by atoms with Crippen LogP contribution in [-0.4, -0.2) is 19.8 Å². The van der Waals surface area contributed by atoms with E-state index in [9.17, 15) is 9.00 Å². The van der Waals surface area contributed by atoms with E-state index in [1.165, 1.54) is 18.2 Å². The number of anilines is 1. The van der Waals surface area contributed by atoms with Gasteiger partial charge in [-0.3, -0.25) is 9.27 Å². The van der Waals surface area contributed by atoms with E-state index >= 15 is 0 Å². The summed E-state index contributed by atoms with van der Waals surface area (Å²) in [6.45, 7) is 0. The lowest BCUT2D eigenvalue weighted by Crippen LogP contribution is -2.04. The summed E-state index contributed by atoms with van der Waals surface area (Å²) in [5, 5.41) is 8.75. The zero-order valence-corrected chi connectivity index (χ0v) is 8.30. The van der Waals surface area contributed by atoms with Crippen molar-refractivity contribution in [2.45, 2.75) is 0 Å². The number of carboxylic acids is 1. The molecule has 3 N–H and O–H groups in total. The van der Waals surface area contributed by atoms with E-state index < -0.39 is 17.2 Å². The Balaban J connectivity index is 3.06. The van der Waals surface area contributed by atoms with Gasteiger partial charge >= 0.3 is 5.97 Å². The Labute approximate surface area is 87.1 Å². The molecule has 14 heavy (non-hydrogen) atoms. The average molecular weight is 236 g/mol. The number of rotatable bonds is 3. The van der Waals surface area contributed by atoms with Crippen LogP contribution in [0.4, 0.5) is 5.69 Å². The molecule has 1 aromatic carbocycles. The van der Waals surface area contributed by atoms with Crippen LogP contribution in [0, 0.1) is 0 Å². The number of carbonyl (C=O) groups is 1. The van der Waals surface area contributed by atoms with Gasteiger partial charge in [-0.05, 0) is 18.2 Å². The van der Waals surface area contributed by atoms with Crippen LogP contribution in [0.2, 0.25) is 5.02 Å². The molecule has 0 saturated heterocycles. The minimum absolute atomic E-state index is 0.0757. The fourth-order valence-electron chi connectivity index (χ4n) is 0.853. The number of nitrogens with one attached hydrogen (secondary N) is 1. The smallest absolute Gasteiger partial charge is 0.337 e. The van der Waals surface area contributed by atoms with E-state index in [0.29, 0.717) is 0 Å². The molecule has 0 aliphatic carbocycles. The van der Waals surface area contributed by atoms with Gasteiger partial charge in [-0.15, -0.1) is 0 Å². The Morgan fingerprint density at radius 3 is 2.64 bits per heavy atom. The van der Waals surface area contributed by atoms with Crippen molar-refractivity contribution in [3.63, 3.8) is 0 Å². The van der Waals surface area contributed by atoms with E-state index in [4.69, 9.17) is 21.3 Å². The number of benzene rings is 1. The number of carboxylic acid groups (broad SMARTS) is 1. The standard InChI is InChI=1S/C7H6ClNO4S/c8-6-2-1-4(9-14(12)13)3-5(6)7(10)11/h1-3,9H,(H,10,11)(H,12,13). The minimum Gasteiger partial charge on any atom is -0.478 e. The molecule has 76 valence electrons. The highest BCUT2D eigenvalue weighted by molar-refractivity contribution is 7.80. The third-order valence-electron chi connectivity index (χ3n) is 1.40. The molecule has 1 aromatic rings. The van der Waals surface area contributed by atoms with Crippen LogP contribution in [0.15, 0.2) is 18.2 Å². The van der Waals surface area contributed by atoms with Gasteiger partial charge < -0.3 is 5.11 Å². The van der Waals surface area contributed by atoms with Crippen LogP contribution >= 0.6 is 11.6 Å². The van der Waals surface area contributed by atoms with Gasteiger partial charge in [0.1, 0.15) is 0 Å². The van der Waals surface area contributed by atoms with Crippen molar-refractivity contribution < 1.29 is 18.7 Å². The molecule has 0 heterocycles. The van der Waals surface area contributed by atoms with Gasteiger partial charge in [0.05, 0.1) is 10.6 Å². The summed E-state index contributed by atoms with van der Waals surface area (Å²) in [5.41, 5.74) is 0.0924. The maximum Gasteiger partial charge on any atom is 0.337 e. The van der Waals surface area contributed by atoms with Gasteiger partial charge in [-0.1, -0.05) is 11.6 Å². The number of halogens is 1. The van der Waals surface area contributed by atoms with Crippen molar-refractivity contribution in [2.24, 2.45) is 0 Å². The number of hydrogen-bond donors (Lipinski definition) is 3. The molecule has 0 fully saturated rings. The lowest BCUT2D eigenvalue weighted by atomic mass is 10.2. The first-order valence-electron chi connectivity index (χ1n) is 3.41. The largest absolute Gasteiger partial charge is 0.478 e. The van der Waals surface area contributed by atoms with Crippen LogP contribution in [-0.2, 0) is 11.3 Å². The quantitative estimate of drug-likeness (QED) is 0.695. The number of aromatic carboxylic acids is 1. The molecule has 0 spiro atoms. The van der Waals surface area contributed by atoms with Crippen LogP contribution in [0.25, 0.3) is 0 Å². The normalized spacial score (nSPS) is 12.1. The van der Waals surface area contributed by atoms with Gasteiger partial charge in [0, 0.05) is 5.69 Å². The molecule has 1 rings (SSSR count). The zero-order valence-electron chi connectivity index (χ0n) is 6.73. The lowest BCUT2D eigenvalue weighted by Gasteiger charge is -2.03. The Hall–Kier alpha value is -1.11. The Bertz CT molecular complexity index is 395. The number of hydrogen-bond acceptors (Lipinski definition) is 2. The van der Waals surface area contributed by atoms with Gasteiger partial charge in [0.15, 0.2) is 0 Å². The van der Waals surface area contributed by atoms with Crippen molar-refractivity contribution in [2.75, 3.05) is 4.72 Å².